The first-order valence-electron chi connectivity index (χ1n) is 10.4. The van der Waals surface area contributed by atoms with E-state index in [0.717, 1.165) is 56.9 Å². The van der Waals surface area contributed by atoms with Crippen LogP contribution in [0.2, 0.25) is 0 Å². The Morgan fingerprint density at radius 2 is 1.86 bits per heavy atom. The summed E-state index contributed by atoms with van der Waals surface area (Å²) in [5.41, 5.74) is 3.68. The summed E-state index contributed by atoms with van der Waals surface area (Å²) in [5.74, 6) is -0.494. The molecule has 3 atom stereocenters. The predicted molar refractivity (Wildman–Crippen MR) is 115 cm³/mol. The second-order valence-electron chi connectivity index (χ2n) is 8.26. The SMILES string of the molecule is C=C(CCC=C(C)C)C(O)CC/C(C)=C/CC[C@H]1CCC(C(=C)C(=O)O)OC1. The van der Waals surface area contributed by atoms with Crippen LogP contribution in [0.25, 0.3) is 0 Å². The number of rotatable bonds is 12. The largest absolute Gasteiger partial charge is 0.478 e. The van der Waals surface area contributed by atoms with Crippen molar-refractivity contribution >= 4 is 5.97 Å². The molecule has 0 bridgehead atoms. The molecule has 4 nitrogen and oxygen atoms in total. The van der Waals surface area contributed by atoms with E-state index in [1.54, 1.807) is 0 Å². The Morgan fingerprint density at radius 1 is 1.14 bits per heavy atom. The molecule has 1 aliphatic heterocycles. The Balaban J connectivity index is 2.23. The van der Waals surface area contributed by atoms with Crippen molar-refractivity contribution in [2.75, 3.05) is 6.61 Å². The van der Waals surface area contributed by atoms with Gasteiger partial charge in [-0.2, -0.15) is 0 Å². The number of aliphatic carboxylic acids is 1. The highest BCUT2D eigenvalue weighted by atomic mass is 16.5. The Kier molecular flexibility index (Phi) is 11.1. The molecule has 0 saturated carbocycles. The zero-order valence-corrected chi connectivity index (χ0v) is 17.9. The van der Waals surface area contributed by atoms with Crippen LogP contribution in [0.1, 0.15) is 72.1 Å². The van der Waals surface area contributed by atoms with Crippen LogP contribution in [0.5, 0.6) is 0 Å². The molecule has 28 heavy (non-hydrogen) atoms. The molecule has 4 heteroatoms. The Labute approximate surface area is 170 Å². The molecule has 1 fully saturated rings. The van der Waals surface area contributed by atoms with Crippen molar-refractivity contribution in [1.82, 2.24) is 0 Å². The third kappa shape index (κ3) is 9.52. The van der Waals surface area contributed by atoms with Gasteiger partial charge in [0.25, 0.3) is 0 Å². The van der Waals surface area contributed by atoms with Gasteiger partial charge < -0.3 is 14.9 Å². The summed E-state index contributed by atoms with van der Waals surface area (Å²) in [5, 5.41) is 19.2. The lowest BCUT2D eigenvalue weighted by Gasteiger charge is -2.28. The third-order valence-electron chi connectivity index (χ3n) is 5.40. The van der Waals surface area contributed by atoms with Crippen molar-refractivity contribution in [3.8, 4) is 0 Å². The molecule has 0 aromatic heterocycles. The van der Waals surface area contributed by atoms with E-state index >= 15 is 0 Å². The first kappa shape index (κ1) is 24.4. The zero-order chi connectivity index (χ0) is 21.1. The van der Waals surface area contributed by atoms with Gasteiger partial charge >= 0.3 is 5.97 Å². The van der Waals surface area contributed by atoms with Gasteiger partial charge in [0.1, 0.15) is 0 Å². The minimum atomic E-state index is -0.969. The lowest BCUT2D eigenvalue weighted by atomic mass is 9.91. The number of aliphatic hydroxyl groups is 1. The van der Waals surface area contributed by atoms with Gasteiger partial charge in [0.05, 0.1) is 24.4 Å². The molecule has 0 aliphatic carbocycles. The number of hydrogen-bond acceptors (Lipinski definition) is 3. The minimum absolute atomic E-state index is 0.162. The molecule has 0 radical (unpaired) electrons. The van der Waals surface area contributed by atoms with Gasteiger partial charge in [-0.15, -0.1) is 0 Å². The van der Waals surface area contributed by atoms with Crippen LogP contribution in [0, 0.1) is 5.92 Å². The van der Waals surface area contributed by atoms with Crippen LogP contribution in [0.4, 0.5) is 0 Å². The van der Waals surface area contributed by atoms with Gasteiger partial charge in [0.15, 0.2) is 0 Å². The molecule has 158 valence electrons. The molecule has 0 aromatic rings. The number of aliphatic hydroxyl groups excluding tert-OH is 1. The first-order chi connectivity index (χ1) is 13.2. The van der Waals surface area contributed by atoms with Crippen LogP contribution in [-0.2, 0) is 9.53 Å². The van der Waals surface area contributed by atoms with Crippen molar-refractivity contribution in [3.05, 3.63) is 47.6 Å². The van der Waals surface area contributed by atoms with E-state index < -0.39 is 12.1 Å². The van der Waals surface area contributed by atoms with E-state index in [0.29, 0.717) is 12.5 Å². The normalized spacial score (nSPS) is 21.1. The second kappa shape index (κ2) is 12.7. The summed E-state index contributed by atoms with van der Waals surface area (Å²) in [6.45, 7) is 14.5. The fourth-order valence-electron chi connectivity index (χ4n) is 3.40. The lowest BCUT2D eigenvalue weighted by Crippen LogP contribution is -2.29. The fraction of sp³-hybridized carbons (Fsp3) is 0.625. The molecule has 0 amide bonds. The van der Waals surface area contributed by atoms with Gasteiger partial charge in [0, 0.05) is 0 Å². The van der Waals surface area contributed by atoms with E-state index in [9.17, 15) is 9.90 Å². The Morgan fingerprint density at radius 3 is 2.43 bits per heavy atom. The Bertz CT molecular complexity index is 588. The topological polar surface area (TPSA) is 66.8 Å². The summed E-state index contributed by atoms with van der Waals surface area (Å²) in [7, 11) is 0. The summed E-state index contributed by atoms with van der Waals surface area (Å²) in [6.07, 6.45) is 10.8. The van der Waals surface area contributed by atoms with Crippen LogP contribution >= 0.6 is 0 Å². The third-order valence-corrected chi connectivity index (χ3v) is 5.40. The Hall–Kier alpha value is -1.65. The van der Waals surface area contributed by atoms with Gasteiger partial charge in [-0.05, 0) is 83.6 Å². The fourth-order valence-corrected chi connectivity index (χ4v) is 3.40. The maximum absolute atomic E-state index is 10.9. The van der Waals surface area contributed by atoms with E-state index in [-0.39, 0.29) is 11.7 Å². The van der Waals surface area contributed by atoms with Crippen molar-refractivity contribution in [1.29, 1.82) is 0 Å². The molecule has 1 saturated heterocycles. The number of allylic oxidation sites excluding steroid dienone is 4. The number of carbonyl (C=O) groups is 1. The quantitative estimate of drug-likeness (QED) is 0.336. The van der Waals surface area contributed by atoms with Crippen LogP contribution in [0.15, 0.2) is 47.6 Å². The van der Waals surface area contributed by atoms with E-state index in [1.165, 1.54) is 11.1 Å². The highest BCUT2D eigenvalue weighted by Gasteiger charge is 2.26. The monoisotopic (exact) mass is 390 g/mol. The average molecular weight is 391 g/mol. The van der Waals surface area contributed by atoms with Crippen LogP contribution in [0.3, 0.4) is 0 Å². The van der Waals surface area contributed by atoms with Crippen molar-refractivity contribution in [2.45, 2.75) is 84.3 Å². The van der Waals surface area contributed by atoms with Gasteiger partial charge in [-0.3, -0.25) is 0 Å². The van der Waals surface area contributed by atoms with Crippen LogP contribution < -0.4 is 0 Å². The van der Waals surface area contributed by atoms with Gasteiger partial charge in [-0.25, -0.2) is 4.79 Å². The highest BCUT2D eigenvalue weighted by molar-refractivity contribution is 5.86. The van der Waals surface area contributed by atoms with Crippen molar-refractivity contribution < 1.29 is 19.7 Å². The molecule has 1 rings (SSSR count). The van der Waals surface area contributed by atoms with Gasteiger partial charge in [-0.1, -0.05) is 36.5 Å². The summed E-state index contributed by atoms with van der Waals surface area (Å²) in [4.78, 5) is 10.9. The van der Waals surface area contributed by atoms with E-state index in [1.807, 2.05) is 0 Å². The second-order valence-corrected chi connectivity index (χ2v) is 8.26. The molecule has 2 N–H and O–H groups in total. The van der Waals surface area contributed by atoms with Gasteiger partial charge in [0.2, 0.25) is 0 Å². The smallest absolute Gasteiger partial charge is 0.333 e. The standard InChI is InChI=1S/C24H38O4/c1-17(2)8-6-10-19(4)22(25)14-12-18(3)9-7-11-21-13-15-23(28-16-21)20(5)24(26)27/h8-9,21-23,25H,4-7,10-16H2,1-3H3,(H,26,27)/b18-9+/t21-,22?,23?/m0/s1. The highest BCUT2D eigenvalue weighted by Crippen LogP contribution is 2.26. The summed E-state index contributed by atoms with van der Waals surface area (Å²) < 4.78 is 5.68. The van der Waals surface area contributed by atoms with Crippen molar-refractivity contribution in [2.24, 2.45) is 5.92 Å². The number of carboxylic acid groups (broad SMARTS) is 1. The lowest BCUT2D eigenvalue weighted by molar-refractivity contribution is -0.134. The number of ether oxygens (including phenoxy) is 1. The molecule has 1 heterocycles. The summed E-state index contributed by atoms with van der Waals surface area (Å²) >= 11 is 0. The minimum Gasteiger partial charge on any atom is -0.478 e. The number of carboxylic acids is 1. The van der Waals surface area contributed by atoms with E-state index in [2.05, 4.69) is 46.1 Å². The molecule has 1 aliphatic rings. The summed E-state index contributed by atoms with van der Waals surface area (Å²) in [6, 6.07) is 0. The predicted octanol–water partition coefficient (Wildman–Crippen LogP) is 5.59. The number of hydrogen-bond donors (Lipinski definition) is 2. The molecular weight excluding hydrogens is 352 g/mol. The average Bonchev–Trinajstić information content (AvgIpc) is 2.65. The zero-order valence-electron chi connectivity index (χ0n) is 17.9. The van der Waals surface area contributed by atoms with E-state index in [4.69, 9.17) is 9.84 Å². The molecular formula is C24H38O4. The molecule has 0 spiro atoms. The maximum Gasteiger partial charge on any atom is 0.333 e. The van der Waals surface area contributed by atoms with Crippen LogP contribution in [-0.4, -0.2) is 35.0 Å². The molecule has 2 unspecified atom stereocenters. The van der Waals surface area contributed by atoms with Crippen molar-refractivity contribution in [3.63, 3.8) is 0 Å². The molecule has 0 aromatic carbocycles. The first-order valence-corrected chi connectivity index (χ1v) is 10.4. The maximum atomic E-state index is 10.9.